The fourth-order valence-electron chi connectivity index (χ4n) is 1.70. The van der Waals surface area contributed by atoms with Gasteiger partial charge in [0.1, 0.15) is 5.15 Å². The molecule has 3 nitrogen and oxygen atoms in total. The van der Waals surface area contributed by atoms with Gasteiger partial charge in [0.25, 0.3) is 0 Å². The van der Waals surface area contributed by atoms with Gasteiger partial charge in [0.05, 0.1) is 11.6 Å². The van der Waals surface area contributed by atoms with Gasteiger partial charge in [-0.25, -0.2) is 4.98 Å². The second kappa shape index (κ2) is 5.52. The van der Waals surface area contributed by atoms with Gasteiger partial charge in [-0.1, -0.05) is 11.6 Å². The fourth-order valence-corrected chi connectivity index (χ4v) is 1.89. The highest BCUT2D eigenvalue weighted by Crippen LogP contribution is 2.17. The van der Waals surface area contributed by atoms with Crippen molar-refractivity contribution in [1.82, 2.24) is 4.98 Å². The van der Waals surface area contributed by atoms with Crippen LogP contribution in [0, 0.1) is 11.3 Å². The molecule has 1 heterocycles. The third-order valence-electron chi connectivity index (χ3n) is 2.65. The van der Waals surface area contributed by atoms with Crippen molar-refractivity contribution in [3.05, 3.63) is 58.9 Å². The molecule has 0 aliphatic carbocycles. The zero-order valence-corrected chi connectivity index (χ0v) is 10.7. The molecule has 0 N–H and O–H groups in total. The summed E-state index contributed by atoms with van der Waals surface area (Å²) >= 11 is 5.85. The Kier molecular flexibility index (Phi) is 3.81. The molecule has 0 aliphatic heterocycles. The third-order valence-corrected chi connectivity index (χ3v) is 2.85. The number of nitrogens with zero attached hydrogens (tertiary/aromatic N) is 3. The van der Waals surface area contributed by atoms with E-state index in [0.29, 0.717) is 10.7 Å². The van der Waals surface area contributed by atoms with E-state index in [1.807, 2.05) is 43.4 Å². The number of anilines is 1. The maximum atomic E-state index is 8.75. The summed E-state index contributed by atoms with van der Waals surface area (Å²) in [4.78, 5) is 6.04. The zero-order chi connectivity index (χ0) is 13.0. The molecule has 4 heteroatoms. The molecule has 0 aliphatic rings. The van der Waals surface area contributed by atoms with Crippen LogP contribution in [0.1, 0.15) is 11.1 Å². The highest BCUT2D eigenvalue weighted by atomic mass is 35.5. The molecule has 0 bridgehead atoms. The Hall–Kier alpha value is -2.05. The predicted octanol–water partition coefficient (Wildman–Crippen LogP) is 3.24. The van der Waals surface area contributed by atoms with E-state index < -0.39 is 0 Å². The molecule has 0 saturated heterocycles. The van der Waals surface area contributed by atoms with Crippen molar-refractivity contribution in [2.24, 2.45) is 0 Å². The quantitative estimate of drug-likeness (QED) is 0.793. The molecular formula is C14H12ClN3. The minimum atomic E-state index is 0.501. The van der Waals surface area contributed by atoms with E-state index in [-0.39, 0.29) is 0 Å². The first-order valence-corrected chi connectivity index (χ1v) is 5.88. The van der Waals surface area contributed by atoms with Crippen LogP contribution in [0.5, 0.6) is 0 Å². The maximum Gasteiger partial charge on any atom is 0.129 e. The Morgan fingerprint density at radius 2 is 2.00 bits per heavy atom. The van der Waals surface area contributed by atoms with Crippen LogP contribution < -0.4 is 4.90 Å². The molecule has 0 saturated carbocycles. The maximum absolute atomic E-state index is 8.75. The first-order chi connectivity index (χ1) is 8.69. The number of aromatic nitrogens is 1. The SMILES string of the molecule is CN(Cc1ccnc(Cl)c1)c1ccc(C#N)cc1. The van der Waals surface area contributed by atoms with Gasteiger partial charge in [0.2, 0.25) is 0 Å². The lowest BCUT2D eigenvalue weighted by Crippen LogP contribution is -2.16. The number of halogens is 1. The summed E-state index contributed by atoms with van der Waals surface area (Å²) in [5, 5.41) is 9.25. The topological polar surface area (TPSA) is 39.9 Å². The lowest BCUT2D eigenvalue weighted by molar-refractivity contribution is 0.919. The predicted molar refractivity (Wildman–Crippen MR) is 72.5 cm³/mol. The van der Waals surface area contributed by atoms with Crippen LogP contribution in [0.2, 0.25) is 5.15 Å². The first-order valence-electron chi connectivity index (χ1n) is 5.51. The molecule has 1 aromatic carbocycles. The average Bonchev–Trinajstić information content (AvgIpc) is 2.39. The van der Waals surface area contributed by atoms with E-state index in [1.165, 1.54) is 0 Å². The zero-order valence-electron chi connectivity index (χ0n) is 9.97. The van der Waals surface area contributed by atoms with Gasteiger partial charge in [-0.2, -0.15) is 5.26 Å². The number of rotatable bonds is 3. The highest BCUT2D eigenvalue weighted by molar-refractivity contribution is 6.29. The van der Waals surface area contributed by atoms with E-state index in [9.17, 15) is 0 Å². The molecule has 0 fully saturated rings. The van der Waals surface area contributed by atoms with Crippen molar-refractivity contribution in [2.45, 2.75) is 6.54 Å². The number of pyridine rings is 1. The van der Waals surface area contributed by atoms with Crippen LogP contribution in [0.25, 0.3) is 0 Å². The van der Waals surface area contributed by atoms with Crippen molar-refractivity contribution >= 4 is 17.3 Å². The largest absolute Gasteiger partial charge is 0.370 e. The van der Waals surface area contributed by atoms with Gasteiger partial charge in [0, 0.05) is 25.5 Å². The lowest BCUT2D eigenvalue weighted by atomic mass is 10.2. The fraction of sp³-hybridized carbons (Fsp3) is 0.143. The molecule has 2 aromatic rings. The molecule has 90 valence electrons. The van der Waals surface area contributed by atoms with Crippen molar-refractivity contribution < 1.29 is 0 Å². The molecule has 0 unspecified atom stereocenters. The first kappa shape index (κ1) is 12.4. The molecule has 0 amide bonds. The second-order valence-electron chi connectivity index (χ2n) is 4.00. The van der Waals surface area contributed by atoms with Crippen LogP contribution >= 0.6 is 11.6 Å². The average molecular weight is 258 g/mol. The summed E-state index contributed by atoms with van der Waals surface area (Å²) < 4.78 is 0. The van der Waals surface area contributed by atoms with Gasteiger partial charge in [-0.05, 0) is 42.0 Å². The van der Waals surface area contributed by atoms with E-state index >= 15 is 0 Å². The van der Waals surface area contributed by atoms with Gasteiger partial charge < -0.3 is 4.90 Å². The normalized spacial score (nSPS) is 9.83. The van der Waals surface area contributed by atoms with Gasteiger partial charge in [-0.15, -0.1) is 0 Å². The van der Waals surface area contributed by atoms with Crippen LogP contribution in [0.4, 0.5) is 5.69 Å². The van der Waals surface area contributed by atoms with Crippen molar-refractivity contribution in [3.63, 3.8) is 0 Å². The van der Waals surface area contributed by atoms with Crippen molar-refractivity contribution in [1.29, 1.82) is 5.26 Å². The number of hydrogen-bond donors (Lipinski definition) is 0. The van der Waals surface area contributed by atoms with E-state index in [4.69, 9.17) is 16.9 Å². The van der Waals surface area contributed by atoms with Crippen molar-refractivity contribution in [2.75, 3.05) is 11.9 Å². The summed E-state index contributed by atoms with van der Waals surface area (Å²) in [5.74, 6) is 0. The summed E-state index contributed by atoms with van der Waals surface area (Å²) in [6.07, 6.45) is 1.70. The van der Waals surface area contributed by atoms with E-state index in [1.54, 1.807) is 6.20 Å². The number of benzene rings is 1. The Morgan fingerprint density at radius 3 is 2.61 bits per heavy atom. The van der Waals surface area contributed by atoms with Crippen LogP contribution in [0.3, 0.4) is 0 Å². The van der Waals surface area contributed by atoms with Crippen LogP contribution in [-0.2, 0) is 6.54 Å². The molecule has 0 spiro atoms. The Morgan fingerprint density at radius 1 is 1.28 bits per heavy atom. The summed E-state index contributed by atoms with van der Waals surface area (Å²) in [5.41, 5.74) is 2.82. The second-order valence-corrected chi connectivity index (χ2v) is 4.39. The van der Waals surface area contributed by atoms with E-state index in [2.05, 4.69) is 16.0 Å². The summed E-state index contributed by atoms with van der Waals surface area (Å²) in [7, 11) is 2.00. The minimum absolute atomic E-state index is 0.501. The number of hydrogen-bond acceptors (Lipinski definition) is 3. The van der Waals surface area contributed by atoms with Crippen LogP contribution in [-0.4, -0.2) is 12.0 Å². The molecule has 18 heavy (non-hydrogen) atoms. The Bertz CT molecular complexity index is 572. The molecule has 0 atom stereocenters. The summed E-state index contributed by atoms with van der Waals surface area (Å²) in [6.45, 7) is 0.744. The Balaban J connectivity index is 2.12. The number of nitriles is 1. The molecular weight excluding hydrogens is 246 g/mol. The molecule has 0 radical (unpaired) electrons. The van der Waals surface area contributed by atoms with Gasteiger partial charge in [0.15, 0.2) is 0 Å². The molecule has 2 rings (SSSR count). The summed E-state index contributed by atoms with van der Waals surface area (Å²) in [6, 6.07) is 13.4. The minimum Gasteiger partial charge on any atom is -0.370 e. The molecule has 1 aromatic heterocycles. The van der Waals surface area contributed by atoms with Crippen LogP contribution in [0.15, 0.2) is 42.6 Å². The van der Waals surface area contributed by atoms with Crippen molar-refractivity contribution in [3.8, 4) is 6.07 Å². The van der Waals surface area contributed by atoms with Gasteiger partial charge >= 0.3 is 0 Å². The van der Waals surface area contributed by atoms with Gasteiger partial charge in [-0.3, -0.25) is 0 Å². The van der Waals surface area contributed by atoms with E-state index in [0.717, 1.165) is 17.8 Å². The third kappa shape index (κ3) is 2.99. The standard InChI is InChI=1S/C14H12ClN3/c1-18(10-12-6-7-17-14(15)8-12)13-4-2-11(9-16)3-5-13/h2-8H,10H2,1H3. The Labute approximate surface area is 111 Å². The smallest absolute Gasteiger partial charge is 0.129 e. The lowest BCUT2D eigenvalue weighted by Gasteiger charge is -2.19. The highest BCUT2D eigenvalue weighted by Gasteiger charge is 2.03. The monoisotopic (exact) mass is 257 g/mol.